The Morgan fingerprint density at radius 1 is 1.39 bits per heavy atom. The molecule has 1 amide bonds. The molecule has 1 fully saturated rings. The summed E-state index contributed by atoms with van der Waals surface area (Å²) < 4.78 is 5.47. The molecule has 1 atom stereocenters. The molecule has 3 heteroatoms. The predicted molar refractivity (Wildman–Crippen MR) is 71.7 cm³/mol. The van der Waals surface area contributed by atoms with E-state index in [-0.39, 0.29) is 5.91 Å². The van der Waals surface area contributed by atoms with Crippen molar-refractivity contribution in [1.29, 1.82) is 0 Å². The molecule has 0 aliphatic carbocycles. The third-order valence-electron chi connectivity index (χ3n) is 3.85. The van der Waals surface area contributed by atoms with E-state index in [0.717, 1.165) is 36.5 Å². The van der Waals surface area contributed by atoms with Crippen molar-refractivity contribution in [3.05, 3.63) is 23.2 Å². The zero-order valence-corrected chi connectivity index (χ0v) is 11.8. The van der Waals surface area contributed by atoms with Crippen molar-refractivity contribution in [3.8, 4) is 0 Å². The number of amides is 1. The van der Waals surface area contributed by atoms with E-state index in [0.29, 0.717) is 12.0 Å². The molecule has 0 N–H and O–H groups in total. The van der Waals surface area contributed by atoms with Crippen LogP contribution in [0.15, 0.2) is 10.5 Å². The Kier molecular flexibility index (Phi) is 3.79. The minimum atomic E-state index is 0.141. The lowest BCUT2D eigenvalue weighted by molar-refractivity contribution is 0.0541. The zero-order chi connectivity index (χ0) is 13.3. The van der Waals surface area contributed by atoms with E-state index in [9.17, 15) is 4.79 Å². The van der Waals surface area contributed by atoms with Gasteiger partial charge in [-0.2, -0.15) is 0 Å². The maximum atomic E-state index is 12.6. The van der Waals surface area contributed by atoms with Crippen LogP contribution in [0.2, 0.25) is 0 Å². The summed E-state index contributed by atoms with van der Waals surface area (Å²) in [7, 11) is 0. The highest BCUT2D eigenvalue weighted by atomic mass is 16.3. The quantitative estimate of drug-likeness (QED) is 0.803. The van der Waals surface area contributed by atoms with Gasteiger partial charge in [0.25, 0.3) is 5.91 Å². The van der Waals surface area contributed by atoms with E-state index in [1.54, 1.807) is 0 Å². The molecule has 0 saturated carbocycles. The van der Waals surface area contributed by atoms with Gasteiger partial charge in [0.05, 0.1) is 5.56 Å². The minimum Gasteiger partial charge on any atom is -0.466 e. The molecule has 0 spiro atoms. The lowest BCUT2D eigenvalue weighted by atomic mass is 9.92. The molecule has 0 bridgehead atoms. The first-order chi connectivity index (χ1) is 8.50. The van der Waals surface area contributed by atoms with Crippen LogP contribution in [0.4, 0.5) is 0 Å². The van der Waals surface area contributed by atoms with Gasteiger partial charge in [-0.15, -0.1) is 0 Å². The van der Waals surface area contributed by atoms with Gasteiger partial charge in [0.2, 0.25) is 0 Å². The average Bonchev–Trinajstić information content (AvgIpc) is 2.67. The normalized spacial score (nSPS) is 20.5. The lowest BCUT2D eigenvalue weighted by Crippen LogP contribution is -2.46. The number of piperidine rings is 1. The van der Waals surface area contributed by atoms with E-state index in [1.807, 2.05) is 24.8 Å². The smallest absolute Gasteiger partial charge is 0.257 e. The third-order valence-corrected chi connectivity index (χ3v) is 3.85. The van der Waals surface area contributed by atoms with Crippen molar-refractivity contribution in [2.75, 3.05) is 6.54 Å². The van der Waals surface area contributed by atoms with Gasteiger partial charge in [0, 0.05) is 12.6 Å². The van der Waals surface area contributed by atoms with E-state index < -0.39 is 0 Å². The van der Waals surface area contributed by atoms with Crippen molar-refractivity contribution in [2.24, 2.45) is 5.92 Å². The Balaban J connectivity index is 2.23. The van der Waals surface area contributed by atoms with Crippen LogP contribution < -0.4 is 0 Å². The number of carbonyl (C=O) groups is 1. The number of carbonyl (C=O) groups excluding carboxylic acids is 1. The van der Waals surface area contributed by atoms with Crippen LogP contribution in [-0.2, 0) is 0 Å². The standard InChI is InChI=1S/C15H23NO2/c1-10(2)14-7-5-6-8-16(14)15(17)13-9-11(3)18-12(13)4/h9-10,14H,5-8H2,1-4H3. The maximum Gasteiger partial charge on any atom is 0.257 e. The van der Waals surface area contributed by atoms with E-state index in [4.69, 9.17) is 4.42 Å². The number of hydrogen-bond donors (Lipinski definition) is 0. The number of likely N-dealkylation sites (tertiary alicyclic amines) is 1. The number of hydrogen-bond acceptors (Lipinski definition) is 2. The summed E-state index contributed by atoms with van der Waals surface area (Å²) in [5, 5.41) is 0. The second kappa shape index (κ2) is 5.17. The Labute approximate surface area is 109 Å². The molecule has 1 aromatic heterocycles. The van der Waals surface area contributed by atoms with E-state index in [2.05, 4.69) is 13.8 Å². The van der Waals surface area contributed by atoms with Crippen molar-refractivity contribution in [3.63, 3.8) is 0 Å². The van der Waals surface area contributed by atoms with Crippen molar-refractivity contribution in [1.82, 2.24) is 4.90 Å². The van der Waals surface area contributed by atoms with Crippen LogP contribution >= 0.6 is 0 Å². The second-order valence-electron chi connectivity index (χ2n) is 5.63. The molecule has 0 radical (unpaired) electrons. The summed E-state index contributed by atoms with van der Waals surface area (Å²) in [6, 6.07) is 2.24. The number of aryl methyl sites for hydroxylation is 2. The van der Waals surface area contributed by atoms with Crippen LogP contribution in [-0.4, -0.2) is 23.4 Å². The molecule has 1 unspecified atom stereocenters. The molecular weight excluding hydrogens is 226 g/mol. The predicted octanol–water partition coefficient (Wildman–Crippen LogP) is 3.55. The number of nitrogens with zero attached hydrogens (tertiary/aromatic N) is 1. The second-order valence-corrected chi connectivity index (χ2v) is 5.63. The Morgan fingerprint density at radius 2 is 2.11 bits per heavy atom. The summed E-state index contributed by atoms with van der Waals surface area (Å²) >= 11 is 0. The molecule has 1 saturated heterocycles. The Morgan fingerprint density at radius 3 is 2.67 bits per heavy atom. The number of rotatable bonds is 2. The molecule has 2 heterocycles. The monoisotopic (exact) mass is 249 g/mol. The Bertz CT molecular complexity index is 434. The fourth-order valence-electron chi connectivity index (χ4n) is 2.90. The van der Waals surface area contributed by atoms with Gasteiger partial charge >= 0.3 is 0 Å². The van der Waals surface area contributed by atoms with Gasteiger partial charge in [-0.1, -0.05) is 13.8 Å². The van der Waals surface area contributed by atoms with E-state index >= 15 is 0 Å². The summed E-state index contributed by atoms with van der Waals surface area (Å²) in [5.74, 6) is 2.21. The summed E-state index contributed by atoms with van der Waals surface area (Å²) in [4.78, 5) is 14.7. The van der Waals surface area contributed by atoms with Crippen molar-refractivity contribution >= 4 is 5.91 Å². The largest absolute Gasteiger partial charge is 0.466 e. The third kappa shape index (κ3) is 2.45. The summed E-state index contributed by atoms with van der Waals surface area (Å²) in [5.41, 5.74) is 0.736. The topological polar surface area (TPSA) is 33.5 Å². The molecule has 1 aliphatic rings. The first-order valence-electron chi connectivity index (χ1n) is 6.88. The molecule has 18 heavy (non-hydrogen) atoms. The first kappa shape index (κ1) is 13.2. The van der Waals surface area contributed by atoms with Crippen molar-refractivity contribution in [2.45, 2.75) is 53.0 Å². The molecule has 1 aliphatic heterocycles. The highest BCUT2D eigenvalue weighted by Gasteiger charge is 2.30. The molecule has 100 valence electrons. The molecule has 3 nitrogen and oxygen atoms in total. The number of furan rings is 1. The highest BCUT2D eigenvalue weighted by Crippen LogP contribution is 2.26. The fourth-order valence-corrected chi connectivity index (χ4v) is 2.90. The maximum absolute atomic E-state index is 12.6. The van der Waals surface area contributed by atoms with Crippen LogP contribution in [0.5, 0.6) is 0 Å². The van der Waals surface area contributed by atoms with Gasteiger partial charge in [-0.05, 0) is 45.1 Å². The molecule has 0 aromatic carbocycles. The van der Waals surface area contributed by atoms with Crippen LogP contribution in [0, 0.1) is 19.8 Å². The average molecular weight is 249 g/mol. The van der Waals surface area contributed by atoms with E-state index in [1.165, 1.54) is 6.42 Å². The first-order valence-corrected chi connectivity index (χ1v) is 6.88. The van der Waals surface area contributed by atoms with Crippen LogP contribution in [0.25, 0.3) is 0 Å². The SMILES string of the molecule is Cc1cc(C(=O)N2CCCCC2C(C)C)c(C)o1. The van der Waals surface area contributed by atoms with Gasteiger partial charge in [-0.3, -0.25) is 4.79 Å². The molecular formula is C15H23NO2. The lowest BCUT2D eigenvalue weighted by Gasteiger charge is -2.38. The van der Waals surface area contributed by atoms with Gasteiger partial charge in [-0.25, -0.2) is 0 Å². The summed E-state index contributed by atoms with van der Waals surface area (Å²) in [6.07, 6.45) is 3.47. The van der Waals surface area contributed by atoms with Crippen LogP contribution in [0.1, 0.15) is 55.0 Å². The van der Waals surface area contributed by atoms with Crippen molar-refractivity contribution < 1.29 is 9.21 Å². The van der Waals surface area contributed by atoms with Crippen LogP contribution in [0.3, 0.4) is 0 Å². The molecule has 1 aromatic rings. The fraction of sp³-hybridized carbons (Fsp3) is 0.667. The van der Waals surface area contributed by atoms with Gasteiger partial charge < -0.3 is 9.32 Å². The summed E-state index contributed by atoms with van der Waals surface area (Å²) in [6.45, 7) is 9.04. The zero-order valence-electron chi connectivity index (χ0n) is 11.8. The van der Waals surface area contributed by atoms with Gasteiger partial charge in [0.1, 0.15) is 11.5 Å². The molecule has 2 rings (SSSR count). The minimum absolute atomic E-state index is 0.141. The highest BCUT2D eigenvalue weighted by molar-refractivity contribution is 5.95. The Hall–Kier alpha value is -1.25. The van der Waals surface area contributed by atoms with Gasteiger partial charge in [0.15, 0.2) is 0 Å².